The van der Waals surface area contributed by atoms with Crippen LogP contribution in [0.1, 0.15) is 51.9 Å². The zero-order valence-corrected chi connectivity index (χ0v) is 9.96. The lowest BCUT2D eigenvalue weighted by atomic mass is 9.90. The van der Waals surface area contributed by atoms with Crippen molar-refractivity contribution in [1.82, 2.24) is 4.98 Å². The number of aromatic nitrogens is 1. The van der Waals surface area contributed by atoms with E-state index >= 15 is 0 Å². The van der Waals surface area contributed by atoms with Gasteiger partial charge in [-0.25, -0.2) is 0 Å². The van der Waals surface area contributed by atoms with E-state index in [1.54, 1.807) is 0 Å². The van der Waals surface area contributed by atoms with Gasteiger partial charge in [0.25, 0.3) is 0 Å². The minimum Gasteiger partial charge on any atom is -0.258 e. The molecule has 1 heteroatoms. The molecule has 0 unspecified atom stereocenters. The van der Waals surface area contributed by atoms with Gasteiger partial charge in [0.1, 0.15) is 0 Å². The molecule has 0 aliphatic heterocycles. The minimum absolute atomic E-state index is 0.322. The Morgan fingerprint density at radius 1 is 1.21 bits per heavy atom. The van der Waals surface area contributed by atoms with E-state index in [2.05, 4.69) is 57.8 Å². The van der Waals surface area contributed by atoms with Crippen molar-refractivity contribution in [2.75, 3.05) is 0 Å². The molecule has 1 nitrogen and oxygen atoms in total. The van der Waals surface area contributed by atoms with Gasteiger partial charge in [0, 0.05) is 11.4 Å². The van der Waals surface area contributed by atoms with Crippen molar-refractivity contribution in [3.8, 4) is 0 Å². The van der Waals surface area contributed by atoms with Crippen LogP contribution in [0.15, 0.2) is 18.2 Å². The first kappa shape index (κ1) is 11.2. The molecule has 14 heavy (non-hydrogen) atoms. The Balaban J connectivity index is 2.84. The van der Waals surface area contributed by atoms with Gasteiger partial charge in [-0.1, -0.05) is 40.7 Å². The Morgan fingerprint density at radius 3 is 2.36 bits per heavy atom. The first-order chi connectivity index (χ1) is 6.38. The Bertz CT molecular complexity index is 294. The maximum atomic E-state index is 4.66. The van der Waals surface area contributed by atoms with E-state index < -0.39 is 0 Å². The summed E-state index contributed by atoms with van der Waals surface area (Å²) < 4.78 is 0. The van der Waals surface area contributed by atoms with Crippen LogP contribution in [0.3, 0.4) is 0 Å². The van der Waals surface area contributed by atoms with Gasteiger partial charge in [-0.05, 0) is 29.9 Å². The molecule has 0 fully saturated rings. The summed E-state index contributed by atoms with van der Waals surface area (Å²) in [5, 5.41) is 0. The molecule has 0 atom stereocenters. The molecule has 0 aliphatic carbocycles. The molecule has 1 rings (SSSR count). The summed E-state index contributed by atoms with van der Waals surface area (Å²) in [6.07, 6.45) is 1.05. The Hall–Kier alpha value is -0.850. The SMILES string of the molecule is CC(C)c1cccc(CC(C)(C)C)n1. The third-order valence-corrected chi connectivity index (χ3v) is 2.13. The zero-order chi connectivity index (χ0) is 10.8. The van der Waals surface area contributed by atoms with Crippen LogP contribution in [-0.2, 0) is 6.42 Å². The molecule has 0 N–H and O–H groups in total. The highest BCUT2D eigenvalue weighted by Gasteiger charge is 2.12. The summed E-state index contributed by atoms with van der Waals surface area (Å²) in [7, 11) is 0. The molecule has 0 amide bonds. The van der Waals surface area contributed by atoms with Crippen LogP contribution >= 0.6 is 0 Å². The first-order valence-electron chi connectivity index (χ1n) is 5.34. The standard InChI is InChI=1S/C13H21N/c1-10(2)12-8-6-7-11(14-12)9-13(3,4)5/h6-8,10H,9H2,1-5H3. The summed E-state index contributed by atoms with van der Waals surface area (Å²) in [6.45, 7) is 11.1. The quantitative estimate of drug-likeness (QED) is 0.693. The molecule has 0 bridgehead atoms. The fraction of sp³-hybridized carbons (Fsp3) is 0.615. The van der Waals surface area contributed by atoms with E-state index in [0.29, 0.717) is 11.3 Å². The summed E-state index contributed by atoms with van der Waals surface area (Å²) in [4.78, 5) is 4.66. The van der Waals surface area contributed by atoms with Gasteiger partial charge in [-0.15, -0.1) is 0 Å². The number of rotatable bonds is 2. The first-order valence-corrected chi connectivity index (χ1v) is 5.34. The van der Waals surface area contributed by atoms with Gasteiger partial charge in [0.05, 0.1) is 0 Å². The van der Waals surface area contributed by atoms with Crippen LogP contribution in [0.25, 0.3) is 0 Å². The average molecular weight is 191 g/mol. The summed E-state index contributed by atoms with van der Waals surface area (Å²) in [5.74, 6) is 0.523. The normalized spacial score (nSPS) is 12.1. The fourth-order valence-electron chi connectivity index (χ4n) is 1.46. The van der Waals surface area contributed by atoms with E-state index in [0.717, 1.165) is 6.42 Å². The topological polar surface area (TPSA) is 12.9 Å². The highest BCUT2D eigenvalue weighted by atomic mass is 14.7. The van der Waals surface area contributed by atoms with Crippen LogP contribution < -0.4 is 0 Å². The van der Waals surface area contributed by atoms with Gasteiger partial charge in [-0.3, -0.25) is 4.98 Å². The average Bonchev–Trinajstić information content (AvgIpc) is 2.01. The summed E-state index contributed by atoms with van der Waals surface area (Å²) in [5.41, 5.74) is 2.73. The third-order valence-electron chi connectivity index (χ3n) is 2.13. The molecule has 1 aromatic heterocycles. The second-order valence-corrected chi connectivity index (χ2v) is 5.45. The zero-order valence-electron chi connectivity index (χ0n) is 9.96. The van der Waals surface area contributed by atoms with Crippen molar-refractivity contribution in [3.05, 3.63) is 29.6 Å². The molecule has 0 spiro atoms. The van der Waals surface area contributed by atoms with Crippen molar-refractivity contribution >= 4 is 0 Å². The van der Waals surface area contributed by atoms with Gasteiger partial charge < -0.3 is 0 Å². The van der Waals surface area contributed by atoms with Crippen LogP contribution in [0, 0.1) is 5.41 Å². The van der Waals surface area contributed by atoms with E-state index in [1.165, 1.54) is 11.4 Å². The van der Waals surface area contributed by atoms with E-state index in [9.17, 15) is 0 Å². The monoisotopic (exact) mass is 191 g/mol. The molecule has 78 valence electrons. The van der Waals surface area contributed by atoms with Crippen molar-refractivity contribution in [1.29, 1.82) is 0 Å². The van der Waals surface area contributed by atoms with Crippen molar-refractivity contribution in [2.24, 2.45) is 5.41 Å². The molecule has 0 saturated heterocycles. The van der Waals surface area contributed by atoms with E-state index in [4.69, 9.17) is 0 Å². The lowest BCUT2D eigenvalue weighted by Gasteiger charge is -2.18. The molecule has 0 aromatic carbocycles. The number of nitrogens with zero attached hydrogens (tertiary/aromatic N) is 1. The molecule has 1 aromatic rings. The molecular formula is C13H21N. The number of hydrogen-bond donors (Lipinski definition) is 0. The second kappa shape index (κ2) is 4.12. The number of hydrogen-bond acceptors (Lipinski definition) is 1. The fourth-order valence-corrected chi connectivity index (χ4v) is 1.46. The third kappa shape index (κ3) is 3.49. The summed E-state index contributed by atoms with van der Waals surface area (Å²) in [6, 6.07) is 6.34. The molecule has 0 aliphatic rings. The van der Waals surface area contributed by atoms with Crippen molar-refractivity contribution < 1.29 is 0 Å². The van der Waals surface area contributed by atoms with E-state index in [1.807, 2.05) is 0 Å². The maximum Gasteiger partial charge on any atom is 0.0432 e. The van der Waals surface area contributed by atoms with Gasteiger partial charge in [-0.2, -0.15) is 0 Å². The second-order valence-electron chi connectivity index (χ2n) is 5.45. The van der Waals surface area contributed by atoms with Crippen molar-refractivity contribution in [3.63, 3.8) is 0 Å². The molecular weight excluding hydrogens is 170 g/mol. The Labute approximate surface area is 87.6 Å². The van der Waals surface area contributed by atoms with Crippen LogP contribution in [0.5, 0.6) is 0 Å². The van der Waals surface area contributed by atoms with Crippen molar-refractivity contribution in [2.45, 2.75) is 47.0 Å². The lowest BCUT2D eigenvalue weighted by molar-refractivity contribution is 0.405. The Morgan fingerprint density at radius 2 is 1.86 bits per heavy atom. The minimum atomic E-state index is 0.322. The predicted octanol–water partition coefficient (Wildman–Crippen LogP) is 3.79. The lowest BCUT2D eigenvalue weighted by Crippen LogP contribution is -2.11. The highest BCUT2D eigenvalue weighted by molar-refractivity contribution is 5.14. The maximum absolute atomic E-state index is 4.66. The van der Waals surface area contributed by atoms with Crippen LogP contribution in [0.2, 0.25) is 0 Å². The van der Waals surface area contributed by atoms with Crippen LogP contribution in [0.4, 0.5) is 0 Å². The van der Waals surface area contributed by atoms with Crippen LogP contribution in [-0.4, -0.2) is 4.98 Å². The molecule has 0 radical (unpaired) electrons. The molecule has 1 heterocycles. The summed E-state index contributed by atoms with van der Waals surface area (Å²) >= 11 is 0. The number of pyridine rings is 1. The Kier molecular flexibility index (Phi) is 3.30. The predicted molar refractivity (Wildman–Crippen MR) is 61.5 cm³/mol. The molecule has 0 saturated carbocycles. The van der Waals surface area contributed by atoms with E-state index in [-0.39, 0.29) is 0 Å². The smallest absolute Gasteiger partial charge is 0.0432 e. The van der Waals surface area contributed by atoms with Gasteiger partial charge in [0.15, 0.2) is 0 Å². The largest absolute Gasteiger partial charge is 0.258 e. The highest BCUT2D eigenvalue weighted by Crippen LogP contribution is 2.20. The van der Waals surface area contributed by atoms with Gasteiger partial charge in [0.2, 0.25) is 0 Å². The van der Waals surface area contributed by atoms with Gasteiger partial charge >= 0.3 is 0 Å².